The molecule has 0 amide bonds. The number of aromatic nitrogens is 8. The molecule has 5 aliphatic carbocycles. The molecule has 6 aromatic rings. The number of ether oxygens (including phenoxy) is 4. The van der Waals surface area contributed by atoms with Crippen LogP contribution in [-0.2, 0) is 38.2 Å². The summed E-state index contributed by atoms with van der Waals surface area (Å²) in [5.41, 5.74) is 34.2. The average molecular weight is 1630 g/mol. The number of nitrogens with zero attached hydrogens (tertiary/aromatic N) is 11. The minimum atomic E-state index is -0.0480. The molecule has 119 heavy (non-hydrogen) atoms. The standard InChI is InChI=1S/C28H35N5O3.C26H33N5O.C21H25N5.C19H27N5S/c1-34-12-11-20(13-25(36-3)19-35-2)14-27-29-16-23(17-30-27)28(21-7-5-4-6-8-21)32-24-9-10-26-22(15-24)18-31-33-26;1-5-6-20-17(2)26-21-16-29-31-23(21)11-12-24(26)30-22(20)13-14-28-25(27-3)15-18-7-9-19(32-4)10-8-18;1-4-5-14-11(2)19-17-10-23-26-18(17)8-15(13-6-7-13)21(19)24-20(14)16-9-22-25-12(16)3;1-4-6-7-13-8-18(14-9-21-19(25-3)22-10-14)20-11-15(13)16-12-23-24-17(16)5-2/h7,9-12,15-20,28,32H,4-6,8,13-14H2,1-3H3,(H,31,33);7,9-14,16,18,21,23,25,28,31H,3,5-6,8,15H2,1-2,4H3;8-10,13,17-18,26H,4-7H2,1-3H3,(H,22,25);5,8-12,16-21,24H,2,4,6-7H2,1,3H3/b12-11+,25-19-;14-13+;;. The fraction of sp³-hybridized carbons (Fsp3) is 0.436. The number of aromatic amines is 2. The molecule has 12 unspecified atom stereocenters. The number of fused-ring (bicyclic) bond motifs is 7. The van der Waals surface area contributed by atoms with Gasteiger partial charge >= 0.3 is 0 Å². The molecular weight excluding hydrogens is 1510 g/mol. The van der Waals surface area contributed by atoms with Crippen molar-refractivity contribution < 1.29 is 18.9 Å². The number of hydrazone groups is 3. The quantitative estimate of drug-likeness (QED) is 0.0108. The van der Waals surface area contributed by atoms with Crippen LogP contribution in [-0.4, -0.2) is 142 Å². The van der Waals surface area contributed by atoms with Gasteiger partial charge in [-0.15, -0.1) is 18.3 Å². The van der Waals surface area contributed by atoms with E-state index in [1.165, 1.54) is 99.9 Å². The van der Waals surface area contributed by atoms with E-state index >= 15 is 0 Å². The van der Waals surface area contributed by atoms with Crippen molar-refractivity contribution in [3.8, 4) is 11.3 Å². The Morgan fingerprint density at radius 2 is 1.56 bits per heavy atom. The summed E-state index contributed by atoms with van der Waals surface area (Å²) in [5.74, 6) is 4.45. The first kappa shape index (κ1) is 85.5. The first-order chi connectivity index (χ1) is 58.3. The summed E-state index contributed by atoms with van der Waals surface area (Å²) in [4.78, 5) is 28.6. The summed E-state index contributed by atoms with van der Waals surface area (Å²) in [6.45, 7) is 21.0. The summed E-state index contributed by atoms with van der Waals surface area (Å²) in [6, 6.07) is 7.13. The van der Waals surface area contributed by atoms with Crippen LogP contribution in [0.2, 0.25) is 0 Å². The van der Waals surface area contributed by atoms with Crippen LogP contribution < -0.4 is 37.5 Å². The molecule has 25 heteroatoms. The minimum Gasteiger partial charge on any atom is -0.505 e. The molecule has 10 heterocycles. The highest BCUT2D eigenvalue weighted by Gasteiger charge is 2.41. The third-order valence-electron chi connectivity index (χ3n) is 23.7. The largest absolute Gasteiger partial charge is 0.505 e. The summed E-state index contributed by atoms with van der Waals surface area (Å²) in [5, 5.41) is 42.5. The smallest absolute Gasteiger partial charge is 0.165 e. The lowest BCUT2D eigenvalue weighted by Crippen LogP contribution is -2.36. The Bertz CT molecular complexity index is 5010. The van der Waals surface area contributed by atoms with Gasteiger partial charge in [0.2, 0.25) is 0 Å². The summed E-state index contributed by atoms with van der Waals surface area (Å²) in [6.07, 6.45) is 69.0. The Kier molecular flexibility index (Phi) is 30.1. The molecule has 0 saturated heterocycles. The maximum atomic E-state index is 5.44. The molecule has 5 aromatic heterocycles. The Hall–Kier alpha value is -11.3. The van der Waals surface area contributed by atoms with Gasteiger partial charge in [0.05, 0.1) is 106 Å². The predicted molar refractivity (Wildman–Crippen MR) is 487 cm³/mol. The van der Waals surface area contributed by atoms with Gasteiger partial charge in [0.15, 0.2) is 5.50 Å². The van der Waals surface area contributed by atoms with E-state index in [4.69, 9.17) is 38.9 Å². The molecule has 626 valence electrons. The molecule has 0 radical (unpaired) electrons. The average Bonchev–Trinajstić information content (AvgIpc) is 1.63. The molecule has 0 spiro atoms. The van der Waals surface area contributed by atoms with E-state index in [0.717, 1.165) is 131 Å². The third-order valence-corrected chi connectivity index (χ3v) is 24.4. The van der Waals surface area contributed by atoms with Crippen molar-refractivity contribution in [1.29, 1.82) is 0 Å². The molecule has 12 atom stereocenters. The van der Waals surface area contributed by atoms with Crippen LogP contribution in [0.3, 0.4) is 0 Å². The van der Waals surface area contributed by atoms with E-state index in [0.29, 0.717) is 30.6 Å². The summed E-state index contributed by atoms with van der Waals surface area (Å²) >= 11 is 1.69. The van der Waals surface area contributed by atoms with Gasteiger partial charge in [0.25, 0.3) is 0 Å². The SMILES string of the molecule is C=CC1NN=CC1C1=CNC(C2=CNC(SC)N=C2)C=C1CCCC.C=NC(CC1C=CC(OC)=CC1)N/C=C/c1nc2c(c(C)c1CCC)C1C=NNC1C=C2.CCCc1c(-c2cn[nH]c2C)nc2c(c1C)C1C=NNC1C=C2C1CC1.CO/C=C(/CC(/C=C/OC)Cc1ncc(C(Nc2ccc3[nH]ncc3c2)C2=CCCCC2)cn1)OC. The Balaban J connectivity index is 0.000000139. The van der Waals surface area contributed by atoms with Gasteiger partial charge in [-0.05, 0) is 233 Å². The van der Waals surface area contributed by atoms with Crippen molar-refractivity contribution in [3.63, 3.8) is 0 Å². The van der Waals surface area contributed by atoms with Crippen LogP contribution in [0.15, 0.2) is 194 Å². The molecule has 0 bridgehead atoms. The Morgan fingerprint density at radius 1 is 0.782 bits per heavy atom. The number of thioether (sulfide) groups is 1. The highest BCUT2D eigenvalue weighted by Crippen LogP contribution is 2.50. The van der Waals surface area contributed by atoms with E-state index in [2.05, 4.69) is 230 Å². The topological polar surface area (TPSA) is 292 Å². The Morgan fingerprint density at radius 3 is 2.25 bits per heavy atom. The van der Waals surface area contributed by atoms with Crippen LogP contribution in [0.5, 0.6) is 0 Å². The van der Waals surface area contributed by atoms with Gasteiger partial charge in [-0.1, -0.05) is 76.5 Å². The number of pyridine rings is 2. The summed E-state index contributed by atoms with van der Waals surface area (Å²) < 4.78 is 21.0. The number of allylic oxidation sites excluding steroid dienone is 8. The van der Waals surface area contributed by atoms with Crippen molar-refractivity contribution in [2.24, 2.45) is 49.0 Å². The number of unbranched alkanes of at least 4 members (excludes halogenated alkanes) is 1. The van der Waals surface area contributed by atoms with E-state index in [9.17, 15) is 0 Å². The number of aliphatic imine (C=N–C) groups is 2. The molecule has 9 N–H and O–H groups in total. The zero-order chi connectivity index (χ0) is 83.2. The number of hydrogen-bond acceptors (Lipinski definition) is 23. The maximum absolute atomic E-state index is 5.44. The zero-order valence-corrected chi connectivity index (χ0v) is 71.8. The highest BCUT2D eigenvalue weighted by atomic mass is 32.2. The highest BCUT2D eigenvalue weighted by molar-refractivity contribution is 7.99. The molecule has 10 aliphatic rings. The third kappa shape index (κ3) is 21.0. The predicted octanol–water partition coefficient (Wildman–Crippen LogP) is 17.2. The second-order valence-electron chi connectivity index (χ2n) is 31.8. The number of benzene rings is 1. The van der Waals surface area contributed by atoms with Crippen molar-refractivity contribution >= 4 is 77.7 Å². The number of rotatable bonds is 32. The monoisotopic (exact) mass is 1620 g/mol. The molecule has 5 aliphatic heterocycles. The summed E-state index contributed by atoms with van der Waals surface area (Å²) in [7, 11) is 6.59. The number of nitrogens with one attached hydrogen (secondary N) is 9. The van der Waals surface area contributed by atoms with Crippen LogP contribution >= 0.6 is 11.8 Å². The van der Waals surface area contributed by atoms with Crippen LogP contribution in [0.25, 0.3) is 39.9 Å². The van der Waals surface area contributed by atoms with Gasteiger partial charge in [-0.2, -0.15) is 25.5 Å². The molecule has 1 aromatic carbocycles. The van der Waals surface area contributed by atoms with Gasteiger partial charge in [-0.25, -0.2) is 19.9 Å². The van der Waals surface area contributed by atoms with Gasteiger partial charge < -0.3 is 56.5 Å². The van der Waals surface area contributed by atoms with E-state index in [-0.39, 0.29) is 59.6 Å². The van der Waals surface area contributed by atoms with Crippen LogP contribution in [0.1, 0.15) is 196 Å². The van der Waals surface area contributed by atoms with Gasteiger partial charge in [-0.3, -0.25) is 20.2 Å². The number of dihydropyridines is 1. The van der Waals surface area contributed by atoms with E-state index < -0.39 is 0 Å². The molecule has 1 fully saturated rings. The van der Waals surface area contributed by atoms with Crippen LogP contribution in [0, 0.1) is 44.4 Å². The van der Waals surface area contributed by atoms with Crippen molar-refractivity contribution in [3.05, 3.63) is 237 Å². The lowest BCUT2D eigenvalue weighted by atomic mass is 9.78. The number of H-pyrrole nitrogens is 2. The number of anilines is 1. The lowest BCUT2D eigenvalue weighted by molar-refractivity contribution is 0.229. The molecule has 1 saturated carbocycles. The van der Waals surface area contributed by atoms with Crippen molar-refractivity contribution in [1.82, 2.24) is 72.6 Å². The first-order valence-corrected chi connectivity index (χ1v) is 43.7. The molecular formula is C94H120N20O4S. The normalized spacial score (nSPS) is 22.8. The molecule has 24 nitrogen and oxygen atoms in total. The van der Waals surface area contributed by atoms with Crippen molar-refractivity contribution in [2.45, 2.75) is 204 Å². The second kappa shape index (κ2) is 41.9. The van der Waals surface area contributed by atoms with Crippen molar-refractivity contribution in [2.75, 3.05) is 40.0 Å². The lowest BCUT2D eigenvalue weighted by Gasteiger charge is -2.29. The fourth-order valence-electron chi connectivity index (χ4n) is 17.1. The van der Waals surface area contributed by atoms with E-state index in [1.807, 2.05) is 67.9 Å². The fourth-order valence-corrected chi connectivity index (χ4v) is 17.5. The Labute approximate surface area is 706 Å². The number of hydrogen-bond donors (Lipinski definition) is 9. The van der Waals surface area contributed by atoms with Gasteiger partial charge in [0, 0.05) is 120 Å². The molecule has 16 rings (SSSR count). The van der Waals surface area contributed by atoms with Crippen LogP contribution in [0.4, 0.5) is 5.69 Å². The number of methoxy groups -OCH3 is 4. The maximum Gasteiger partial charge on any atom is 0.165 e. The second-order valence-corrected chi connectivity index (χ2v) is 32.7. The number of aryl methyl sites for hydroxylation is 1. The van der Waals surface area contributed by atoms with Gasteiger partial charge in [0.1, 0.15) is 29.8 Å². The first-order valence-electron chi connectivity index (χ1n) is 42.4. The zero-order valence-electron chi connectivity index (χ0n) is 71.0. The minimum absolute atomic E-state index is 0.0256. The van der Waals surface area contributed by atoms with E-state index in [1.54, 1.807) is 52.7 Å².